The number of nitriles is 1. The molecule has 1 aliphatic heterocycles. The highest BCUT2D eigenvalue weighted by molar-refractivity contribution is 5.80. The highest BCUT2D eigenvalue weighted by atomic mass is 16.6. The second kappa shape index (κ2) is 6.42. The fraction of sp³-hybridized carbons (Fsp3) is 0.765. The summed E-state index contributed by atoms with van der Waals surface area (Å²) in [4.78, 5) is 35.7. The van der Waals surface area contributed by atoms with Gasteiger partial charge in [0.05, 0.1) is 23.3 Å². The molecule has 0 spiro atoms. The molecule has 0 aromatic heterocycles. The number of carbonyl (C=O) groups is 3. The van der Waals surface area contributed by atoms with Gasteiger partial charge in [0.25, 0.3) is 0 Å². The van der Waals surface area contributed by atoms with E-state index in [2.05, 4.69) is 6.07 Å². The van der Waals surface area contributed by atoms with E-state index >= 15 is 0 Å². The molecule has 1 aliphatic carbocycles. The van der Waals surface area contributed by atoms with Crippen molar-refractivity contribution in [3.8, 4) is 6.07 Å². The van der Waals surface area contributed by atoms with E-state index < -0.39 is 53.5 Å². The maximum absolute atomic E-state index is 12.0. The monoisotopic (exact) mass is 337 g/mol. The fourth-order valence-electron chi connectivity index (χ4n) is 2.99. The lowest BCUT2D eigenvalue weighted by Crippen LogP contribution is -2.46. The second-order valence-electron chi connectivity index (χ2n) is 7.31. The van der Waals surface area contributed by atoms with Crippen LogP contribution in [0.2, 0.25) is 0 Å². The van der Waals surface area contributed by atoms with Crippen LogP contribution in [0.15, 0.2) is 0 Å². The predicted octanol–water partition coefficient (Wildman–Crippen LogP) is 1.74. The maximum Gasteiger partial charge on any atom is 0.344 e. The molecule has 0 N–H and O–H groups in total. The van der Waals surface area contributed by atoms with Crippen molar-refractivity contribution in [1.82, 2.24) is 0 Å². The van der Waals surface area contributed by atoms with Crippen LogP contribution in [0.25, 0.3) is 0 Å². The van der Waals surface area contributed by atoms with Crippen molar-refractivity contribution < 1.29 is 28.6 Å². The molecule has 0 aromatic rings. The van der Waals surface area contributed by atoms with Crippen LogP contribution in [0.4, 0.5) is 0 Å². The summed E-state index contributed by atoms with van der Waals surface area (Å²) in [6.45, 7) is 6.53. The van der Waals surface area contributed by atoms with Crippen LogP contribution >= 0.6 is 0 Å². The number of esters is 3. The van der Waals surface area contributed by atoms with Crippen LogP contribution < -0.4 is 0 Å². The van der Waals surface area contributed by atoms with E-state index in [-0.39, 0.29) is 6.42 Å². The summed E-state index contributed by atoms with van der Waals surface area (Å²) in [7, 11) is 0. The summed E-state index contributed by atoms with van der Waals surface area (Å²) in [6, 6.07) is 2.08. The Bertz CT molecular complexity index is 592. The van der Waals surface area contributed by atoms with Gasteiger partial charge in [0.2, 0.25) is 0 Å². The van der Waals surface area contributed by atoms with Gasteiger partial charge in [0.1, 0.15) is 11.7 Å². The normalized spacial score (nSPS) is 31.8. The summed E-state index contributed by atoms with van der Waals surface area (Å²) >= 11 is 0. The van der Waals surface area contributed by atoms with Gasteiger partial charge in [-0.15, -0.1) is 0 Å². The number of fused-ring (bicyclic) bond motifs is 2. The molecule has 2 aliphatic rings. The first-order valence-corrected chi connectivity index (χ1v) is 8.12. The van der Waals surface area contributed by atoms with E-state index in [9.17, 15) is 19.6 Å². The maximum atomic E-state index is 12.0. The number of carbonyl (C=O) groups excluding carboxylic acids is 3. The summed E-state index contributed by atoms with van der Waals surface area (Å²) in [5, 5.41) is 9.19. The van der Waals surface area contributed by atoms with Crippen LogP contribution in [0.1, 0.15) is 47.0 Å². The van der Waals surface area contributed by atoms with Gasteiger partial charge in [0.15, 0.2) is 6.61 Å². The first kappa shape index (κ1) is 18.2. The summed E-state index contributed by atoms with van der Waals surface area (Å²) in [6.07, 6.45) is 0.465. The second-order valence-corrected chi connectivity index (χ2v) is 7.31. The molecule has 1 saturated carbocycles. The number of hydrogen-bond acceptors (Lipinski definition) is 7. The van der Waals surface area contributed by atoms with Crippen LogP contribution in [0.3, 0.4) is 0 Å². The van der Waals surface area contributed by atoms with Gasteiger partial charge in [-0.25, -0.2) is 4.79 Å². The molecule has 0 aromatic carbocycles. The molecule has 7 nitrogen and oxygen atoms in total. The van der Waals surface area contributed by atoms with Crippen molar-refractivity contribution in [2.45, 2.75) is 58.7 Å². The number of rotatable bonds is 5. The third-order valence-electron chi connectivity index (χ3n) is 5.09. The zero-order valence-electron chi connectivity index (χ0n) is 14.5. The average molecular weight is 337 g/mol. The fourth-order valence-corrected chi connectivity index (χ4v) is 2.99. The molecule has 4 unspecified atom stereocenters. The van der Waals surface area contributed by atoms with Crippen LogP contribution in [-0.4, -0.2) is 36.2 Å². The van der Waals surface area contributed by atoms with Crippen molar-refractivity contribution in [1.29, 1.82) is 5.26 Å². The van der Waals surface area contributed by atoms with Crippen molar-refractivity contribution in [3.63, 3.8) is 0 Å². The lowest BCUT2D eigenvalue weighted by atomic mass is 9.73. The largest absolute Gasteiger partial charge is 0.456 e. The van der Waals surface area contributed by atoms with E-state index in [0.29, 0.717) is 12.8 Å². The quantitative estimate of drug-likeness (QED) is 0.556. The van der Waals surface area contributed by atoms with Crippen molar-refractivity contribution in [2.24, 2.45) is 17.3 Å². The van der Waals surface area contributed by atoms with Gasteiger partial charge in [-0.2, -0.15) is 5.26 Å². The Labute approximate surface area is 141 Å². The van der Waals surface area contributed by atoms with Crippen molar-refractivity contribution in [2.75, 3.05) is 6.61 Å². The molecular weight excluding hydrogens is 314 g/mol. The Morgan fingerprint density at radius 3 is 2.71 bits per heavy atom. The van der Waals surface area contributed by atoms with E-state index in [0.717, 1.165) is 0 Å². The highest BCUT2D eigenvalue weighted by Gasteiger charge is 2.58. The molecule has 1 heterocycles. The van der Waals surface area contributed by atoms with E-state index in [4.69, 9.17) is 14.2 Å². The summed E-state index contributed by atoms with van der Waals surface area (Å²) in [5.41, 5.74) is -1.59. The zero-order chi connectivity index (χ0) is 18.1. The third kappa shape index (κ3) is 3.37. The van der Waals surface area contributed by atoms with Gasteiger partial charge >= 0.3 is 17.9 Å². The Balaban J connectivity index is 1.95. The summed E-state index contributed by atoms with van der Waals surface area (Å²) < 4.78 is 15.7. The number of ether oxygens (including phenoxy) is 3. The molecule has 0 radical (unpaired) electrons. The molecule has 2 fully saturated rings. The average Bonchev–Trinajstić information content (AvgIpc) is 2.80. The van der Waals surface area contributed by atoms with Crippen LogP contribution in [-0.2, 0) is 28.6 Å². The molecular formula is C17H23NO6. The number of hydrogen-bond donors (Lipinski definition) is 0. The van der Waals surface area contributed by atoms with E-state index in [1.165, 1.54) is 0 Å². The molecule has 132 valence electrons. The van der Waals surface area contributed by atoms with Gasteiger partial charge < -0.3 is 14.2 Å². The molecule has 1 saturated heterocycles. The van der Waals surface area contributed by atoms with Gasteiger partial charge in [0, 0.05) is 12.8 Å². The first-order chi connectivity index (χ1) is 11.1. The zero-order valence-corrected chi connectivity index (χ0v) is 14.5. The minimum Gasteiger partial charge on any atom is -0.456 e. The molecule has 0 amide bonds. The minimum atomic E-state index is -0.919. The Morgan fingerprint density at radius 2 is 2.12 bits per heavy atom. The lowest BCUT2D eigenvalue weighted by Gasteiger charge is -2.36. The smallest absolute Gasteiger partial charge is 0.344 e. The minimum absolute atomic E-state index is 0.240. The van der Waals surface area contributed by atoms with Crippen molar-refractivity contribution >= 4 is 17.9 Å². The summed E-state index contributed by atoms with van der Waals surface area (Å²) in [5.74, 6) is -2.59. The Morgan fingerprint density at radius 1 is 1.46 bits per heavy atom. The first-order valence-electron chi connectivity index (χ1n) is 8.12. The van der Waals surface area contributed by atoms with E-state index in [1.807, 2.05) is 6.92 Å². The Kier molecular flexibility index (Phi) is 4.88. The number of nitrogens with zero attached hydrogens (tertiary/aromatic N) is 1. The molecule has 2 bridgehead atoms. The topological polar surface area (TPSA) is 103 Å². The van der Waals surface area contributed by atoms with Gasteiger partial charge in [-0.05, 0) is 27.2 Å². The third-order valence-corrected chi connectivity index (χ3v) is 5.09. The van der Waals surface area contributed by atoms with Gasteiger partial charge in [-0.3, -0.25) is 9.59 Å². The predicted molar refractivity (Wildman–Crippen MR) is 81.2 cm³/mol. The lowest BCUT2D eigenvalue weighted by molar-refractivity contribution is -0.180. The molecule has 2 rings (SSSR count). The van der Waals surface area contributed by atoms with Crippen LogP contribution in [0, 0.1) is 28.6 Å². The van der Waals surface area contributed by atoms with Crippen LogP contribution in [0.5, 0.6) is 0 Å². The molecule has 24 heavy (non-hydrogen) atoms. The standard InChI is InChI=1S/C17H23NO6/c1-5-16(2,3)15(21)22-9-13(19)23-12-6-10(8-18)11-7-17(12,4)24-14(11)20/h10-12H,5-7,9H2,1-4H3. The van der Waals surface area contributed by atoms with E-state index in [1.54, 1.807) is 20.8 Å². The molecule has 4 atom stereocenters. The Hall–Kier alpha value is -2.10. The van der Waals surface area contributed by atoms with Crippen molar-refractivity contribution in [3.05, 3.63) is 0 Å². The SMILES string of the molecule is CCC(C)(C)C(=O)OCC(=O)OC1CC(C#N)C2CC1(C)OC2=O. The molecule has 7 heteroatoms. The van der Waals surface area contributed by atoms with Gasteiger partial charge in [-0.1, -0.05) is 6.92 Å². The highest BCUT2D eigenvalue weighted by Crippen LogP contribution is 2.46.